The molecule has 5 heteroatoms. The average Bonchev–Trinajstić information content (AvgIpc) is 2.86. The quantitative estimate of drug-likeness (QED) is 0.586. The lowest BCUT2D eigenvalue weighted by atomic mass is 10.2. The van der Waals surface area contributed by atoms with Crippen LogP contribution in [0, 0.1) is 13.8 Å². The molecular weight excluding hydrogens is 276 g/mol. The number of nitrogens with one attached hydrogen (secondary N) is 1. The van der Waals surface area contributed by atoms with Crippen molar-refractivity contribution in [3.8, 4) is 5.69 Å². The molecule has 5 nitrogen and oxygen atoms in total. The Hall–Kier alpha value is -2.95. The molecule has 0 radical (unpaired) electrons. The maximum atomic E-state index is 12.6. The minimum atomic E-state index is -0.0947. The van der Waals surface area contributed by atoms with E-state index >= 15 is 0 Å². The third kappa shape index (κ3) is 1.83. The number of hydrogen-bond acceptors (Lipinski definition) is 3. The molecule has 0 unspecified atom stereocenters. The molecule has 1 aromatic carbocycles. The van der Waals surface area contributed by atoms with Crippen molar-refractivity contribution < 1.29 is 0 Å². The summed E-state index contributed by atoms with van der Waals surface area (Å²) in [6, 6.07) is 9.76. The third-order valence-electron chi connectivity index (χ3n) is 3.84. The van der Waals surface area contributed by atoms with Crippen LogP contribution >= 0.6 is 0 Å². The SMILES string of the molecule is Cc1ccc(-n2[nH]c3c(cnc4cnc(C)cc43)c2=O)cc1. The second-order valence-electron chi connectivity index (χ2n) is 5.48. The van der Waals surface area contributed by atoms with Crippen molar-refractivity contribution in [2.45, 2.75) is 13.8 Å². The Balaban J connectivity index is 2.07. The van der Waals surface area contributed by atoms with Gasteiger partial charge in [0.25, 0.3) is 5.56 Å². The number of nitrogens with zero attached hydrogens (tertiary/aromatic N) is 3. The van der Waals surface area contributed by atoms with Gasteiger partial charge < -0.3 is 0 Å². The zero-order chi connectivity index (χ0) is 15.3. The topological polar surface area (TPSA) is 63.6 Å². The van der Waals surface area contributed by atoms with Crippen molar-refractivity contribution in [2.24, 2.45) is 0 Å². The normalized spacial score (nSPS) is 11.4. The van der Waals surface area contributed by atoms with Gasteiger partial charge in [0, 0.05) is 17.3 Å². The van der Waals surface area contributed by atoms with Gasteiger partial charge in [0.2, 0.25) is 0 Å². The first-order chi connectivity index (χ1) is 10.6. The number of H-pyrrole nitrogens is 1. The monoisotopic (exact) mass is 290 g/mol. The predicted octanol–water partition coefficient (Wildman–Crippen LogP) is 2.88. The number of pyridine rings is 2. The summed E-state index contributed by atoms with van der Waals surface area (Å²) >= 11 is 0. The number of hydrogen-bond donors (Lipinski definition) is 1. The van der Waals surface area contributed by atoms with E-state index in [0.717, 1.165) is 33.4 Å². The van der Waals surface area contributed by atoms with E-state index in [9.17, 15) is 4.79 Å². The summed E-state index contributed by atoms with van der Waals surface area (Å²) in [5.41, 5.74) is 4.33. The van der Waals surface area contributed by atoms with Crippen molar-refractivity contribution in [3.63, 3.8) is 0 Å². The molecule has 0 aliphatic rings. The van der Waals surface area contributed by atoms with Crippen LogP contribution in [0.15, 0.2) is 47.5 Å². The molecule has 22 heavy (non-hydrogen) atoms. The Kier molecular flexibility index (Phi) is 2.63. The zero-order valence-electron chi connectivity index (χ0n) is 12.3. The van der Waals surface area contributed by atoms with Crippen molar-refractivity contribution in [2.75, 3.05) is 0 Å². The molecule has 3 aromatic heterocycles. The van der Waals surface area contributed by atoms with E-state index in [1.807, 2.05) is 44.2 Å². The van der Waals surface area contributed by atoms with Crippen molar-refractivity contribution in [1.82, 2.24) is 19.7 Å². The van der Waals surface area contributed by atoms with Gasteiger partial charge in [0.15, 0.2) is 0 Å². The molecular formula is C17H14N4O. The number of aryl methyl sites for hydroxylation is 2. The molecule has 108 valence electrons. The van der Waals surface area contributed by atoms with Gasteiger partial charge in [-0.3, -0.25) is 19.9 Å². The van der Waals surface area contributed by atoms with Crippen LogP contribution in [0.5, 0.6) is 0 Å². The van der Waals surface area contributed by atoms with Crippen LogP contribution in [-0.4, -0.2) is 19.7 Å². The lowest BCUT2D eigenvalue weighted by Crippen LogP contribution is -2.14. The molecule has 0 bridgehead atoms. The molecule has 4 aromatic rings. The van der Waals surface area contributed by atoms with Crippen molar-refractivity contribution in [3.05, 3.63) is 64.3 Å². The Morgan fingerprint density at radius 1 is 1.00 bits per heavy atom. The number of fused-ring (bicyclic) bond motifs is 3. The Morgan fingerprint density at radius 2 is 1.77 bits per heavy atom. The highest BCUT2D eigenvalue weighted by Crippen LogP contribution is 2.21. The summed E-state index contributed by atoms with van der Waals surface area (Å²) < 4.78 is 1.56. The maximum absolute atomic E-state index is 12.6. The lowest BCUT2D eigenvalue weighted by Gasteiger charge is -2.01. The van der Waals surface area contributed by atoms with E-state index < -0.39 is 0 Å². The molecule has 0 saturated heterocycles. The molecule has 0 aliphatic heterocycles. The molecule has 0 saturated carbocycles. The molecule has 0 atom stereocenters. The van der Waals surface area contributed by atoms with Gasteiger partial charge in [-0.1, -0.05) is 17.7 Å². The first-order valence-electron chi connectivity index (χ1n) is 7.06. The van der Waals surface area contributed by atoms with Gasteiger partial charge >= 0.3 is 0 Å². The van der Waals surface area contributed by atoms with E-state index in [1.54, 1.807) is 17.1 Å². The van der Waals surface area contributed by atoms with Crippen molar-refractivity contribution in [1.29, 1.82) is 0 Å². The maximum Gasteiger partial charge on any atom is 0.280 e. The highest BCUT2D eigenvalue weighted by Gasteiger charge is 2.12. The summed E-state index contributed by atoms with van der Waals surface area (Å²) in [6.07, 6.45) is 3.34. The number of rotatable bonds is 1. The second kappa shape index (κ2) is 4.53. The fourth-order valence-corrected chi connectivity index (χ4v) is 2.64. The van der Waals surface area contributed by atoms with Gasteiger partial charge in [-0.25, -0.2) is 4.68 Å². The van der Waals surface area contributed by atoms with Crippen LogP contribution in [0.4, 0.5) is 0 Å². The Labute approximate surface area is 126 Å². The van der Waals surface area contributed by atoms with E-state index in [-0.39, 0.29) is 5.56 Å². The smallest absolute Gasteiger partial charge is 0.280 e. The summed E-state index contributed by atoms with van der Waals surface area (Å²) in [5, 5.41) is 4.70. The lowest BCUT2D eigenvalue weighted by molar-refractivity contribution is 0.864. The third-order valence-corrected chi connectivity index (χ3v) is 3.84. The van der Waals surface area contributed by atoms with Crippen LogP contribution in [0.1, 0.15) is 11.3 Å². The largest absolute Gasteiger partial charge is 0.290 e. The average molecular weight is 290 g/mol. The number of aromatic nitrogens is 4. The van der Waals surface area contributed by atoms with E-state index in [0.29, 0.717) is 5.39 Å². The number of aromatic amines is 1. The first kappa shape index (κ1) is 12.8. The number of benzene rings is 1. The highest BCUT2D eigenvalue weighted by atomic mass is 16.1. The Morgan fingerprint density at radius 3 is 2.55 bits per heavy atom. The van der Waals surface area contributed by atoms with Gasteiger partial charge in [-0.2, -0.15) is 0 Å². The van der Waals surface area contributed by atoms with Crippen LogP contribution in [-0.2, 0) is 0 Å². The van der Waals surface area contributed by atoms with Crippen LogP contribution in [0.3, 0.4) is 0 Å². The van der Waals surface area contributed by atoms with Crippen LogP contribution in [0.25, 0.3) is 27.5 Å². The molecule has 4 rings (SSSR count). The second-order valence-corrected chi connectivity index (χ2v) is 5.48. The molecule has 3 heterocycles. The fraction of sp³-hybridized carbons (Fsp3) is 0.118. The summed E-state index contributed by atoms with van der Waals surface area (Å²) in [4.78, 5) is 21.2. The first-order valence-corrected chi connectivity index (χ1v) is 7.06. The molecule has 0 aliphatic carbocycles. The molecule has 0 spiro atoms. The molecule has 0 amide bonds. The molecule has 1 N–H and O–H groups in total. The van der Waals surface area contributed by atoms with Crippen molar-refractivity contribution >= 4 is 21.8 Å². The van der Waals surface area contributed by atoms with Gasteiger partial charge in [0.1, 0.15) is 0 Å². The summed E-state index contributed by atoms with van der Waals surface area (Å²) in [6.45, 7) is 3.94. The fourth-order valence-electron chi connectivity index (χ4n) is 2.64. The standard InChI is InChI=1S/C17H14N4O/c1-10-3-5-12(6-4-10)21-17(22)14-8-19-15-9-18-11(2)7-13(15)16(14)20-21/h3-9,20H,1-2H3. The molecule has 0 fully saturated rings. The van der Waals surface area contributed by atoms with Gasteiger partial charge in [-0.15, -0.1) is 0 Å². The highest BCUT2D eigenvalue weighted by molar-refractivity contribution is 6.02. The Bertz CT molecular complexity index is 1060. The minimum absolute atomic E-state index is 0.0947. The van der Waals surface area contributed by atoms with E-state index in [1.165, 1.54) is 0 Å². The minimum Gasteiger partial charge on any atom is -0.290 e. The van der Waals surface area contributed by atoms with Gasteiger partial charge in [0.05, 0.1) is 28.3 Å². The van der Waals surface area contributed by atoms with Gasteiger partial charge in [-0.05, 0) is 32.0 Å². The predicted molar refractivity (Wildman–Crippen MR) is 86.5 cm³/mol. The zero-order valence-corrected chi connectivity index (χ0v) is 12.3. The van der Waals surface area contributed by atoms with E-state index in [4.69, 9.17) is 0 Å². The summed E-state index contributed by atoms with van der Waals surface area (Å²) in [5.74, 6) is 0. The summed E-state index contributed by atoms with van der Waals surface area (Å²) in [7, 11) is 0. The van der Waals surface area contributed by atoms with Crippen LogP contribution in [0.2, 0.25) is 0 Å². The van der Waals surface area contributed by atoms with Crippen LogP contribution < -0.4 is 5.56 Å². The van der Waals surface area contributed by atoms with E-state index in [2.05, 4.69) is 15.1 Å².